The van der Waals surface area contributed by atoms with Crippen molar-refractivity contribution in [2.24, 2.45) is 0 Å². The SMILES string of the molecule is Nc1nc(Cl)c2cnn(Cc3cc4c(cc3Br)OCO4)c2n1. The molecular weight excluding hydrogens is 374 g/mol. The highest BCUT2D eigenvalue weighted by molar-refractivity contribution is 9.10. The van der Waals surface area contributed by atoms with Crippen LogP contribution < -0.4 is 15.2 Å². The van der Waals surface area contributed by atoms with E-state index in [-0.39, 0.29) is 12.7 Å². The van der Waals surface area contributed by atoms with Crippen LogP contribution in [0, 0.1) is 0 Å². The molecule has 0 atom stereocenters. The molecule has 0 radical (unpaired) electrons. The number of benzene rings is 1. The molecule has 0 spiro atoms. The van der Waals surface area contributed by atoms with E-state index in [1.54, 1.807) is 10.9 Å². The summed E-state index contributed by atoms with van der Waals surface area (Å²) in [6.45, 7) is 0.711. The molecule has 0 saturated heterocycles. The Bertz CT molecular complexity index is 898. The summed E-state index contributed by atoms with van der Waals surface area (Å²) in [6.07, 6.45) is 1.62. The van der Waals surface area contributed by atoms with E-state index in [1.165, 1.54) is 0 Å². The highest BCUT2D eigenvalue weighted by Crippen LogP contribution is 2.37. The third-order valence-electron chi connectivity index (χ3n) is 3.33. The average molecular weight is 383 g/mol. The lowest BCUT2D eigenvalue weighted by atomic mass is 10.2. The van der Waals surface area contributed by atoms with Gasteiger partial charge in [-0.2, -0.15) is 10.1 Å². The Labute approximate surface area is 138 Å². The number of aromatic nitrogens is 4. The molecule has 1 aromatic carbocycles. The maximum Gasteiger partial charge on any atom is 0.231 e. The van der Waals surface area contributed by atoms with Crippen LogP contribution in [0.4, 0.5) is 5.95 Å². The van der Waals surface area contributed by atoms with E-state index < -0.39 is 0 Å². The maximum atomic E-state index is 6.06. The van der Waals surface area contributed by atoms with Crippen LogP contribution in [0.1, 0.15) is 5.56 Å². The number of nitrogens with two attached hydrogens (primary N) is 1. The Morgan fingerprint density at radius 3 is 2.86 bits per heavy atom. The molecule has 0 aliphatic carbocycles. The monoisotopic (exact) mass is 381 g/mol. The van der Waals surface area contributed by atoms with Crippen LogP contribution in [-0.2, 0) is 6.54 Å². The molecule has 1 aliphatic heterocycles. The largest absolute Gasteiger partial charge is 0.454 e. The van der Waals surface area contributed by atoms with Gasteiger partial charge < -0.3 is 15.2 Å². The third kappa shape index (κ3) is 2.15. The number of halogens is 2. The van der Waals surface area contributed by atoms with Gasteiger partial charge in [-0.05, 0) is 17.7 Å². The smallest absolute Gasteiger partial charge is 0.231 e. The summed E-state index contributed by atoms with van der Waals surface area (Å²) in [5.74, 6) is 1.54. The molecular formula is C13H9BrClN5O2. The Morgan fingerprint density at radius 1 is 1.27 bits per heavy atom. The van der Waals surface area contributed by atoms with Crippen LogP contribution in [0.15, 0.2) is 22.8 Å². The minimum atomic E-state index is 0.115. The second-order valence-electron chi connectivity index (χ2n) is 4.71. The maximum absolute atomic E-state index is 6.06. The molecule has 3 aromatic rings. The molecule has 0 fully saturated rings. The molecule has 0 amide bonds. The Balaban J connectivity index is 1.78. The van der Waals surface area contributed by atoms with Crippen molar-refractivity contribution in [3.05, 3.63) is 33.5 Å². The molecule has 2 N–H and O–H groups in total. The van der Waals surface area contributed by atoms with Crippen molar-refractivity contribution in [3.63, 3.8) is 0 Å². The van der Waals surface area contributed by atoms with E-state index in [2.05, 4.69) is 31.0 Å². The normalized spacial score (nSPS) is 13.0. The van der Waals surface area contributed by atoms with Crippen molar-refractivity contribution in [1.82, 2.24) is 19.7 Å². The number of nitrogens with zero attached hydrogens (tertiary/aromatic N) is 4. The van der Waals surface area contributed by atoms with Crippen LogP contribution >= 0.6 is 27.5 Å². The van der Waals surface area contributed by atoms with Gasteiger partial charge in [-0.1, -0.05) is 27.5 Å². The van der Waals surface area contributed by atoms with Gasteiger partial charge in [0.1, 0.15) is 5.15 Å². The summed E-state index contributed by atoms with van der Waals surface area (Å²) in [4.78, 5) is 8.13. The molecule has 112 valence electrons. The first kappa shape index (κ1) is 13.6. The van der Waals surface area contributed by atoms with Gasteiger partial charge in [-0.15, -0.1) is 0 Å². The van der Waals surface area contributed by atoms with Gasteiger partial charge in [0.2, 0.25) is 12.7 Å². The van der Waals surface area contributed by atoms with Crippen molar-refractivity contribution >= 4 is 44.5 Å². The lowest BCUT2D eigenvalue weighted by Crippen LogP contribution is -2.05. The summed E-state index contributed by atoms with van der Waals surface area (Å²) in [6, 6.07) is 3.78. The molecule has 1 aliphatic rings. The average Bonchev–Trinajstić information content (AvgIpc) is 3.06. The van der Waals surface area contributed by atoms with E-state index in [0.717, 1.165) is 15.8 Å². The highest BCUT2D eigenvalue weighted by Gasteiger charge is 2.18. The van der Waals surface area contributed by atoms with Gasteiger partial charge in [-0.25, -0.2) is 9.67 Å². The number of anilines is 1. The first-order valence-corrected chi connectivity index (χ1v) is 7.51. The quantitative estimate of drug-likeness (QED) is 0.685. The third-order valence-corrected chi connectivity index (χ3v) is 4.36. The Hall–Kier alpha value is -2.06. The number of fused-ring (bicyclic) bond motifs is 2. The van der Waals surface area contributed by atoms with E-state index in [9.17, 15) is 0 Å². The van der Waals surface area contributed by atoms with E-state index in [4.69, 9.17) is 26.8 Å². The second-order valence-corrected chi connectivity index (χ2v) is 5.92. The predicted molar refractivity (Wildman–Crippen MR) is 84.1 cm³/mol. The van der Waals surface area contributed by atoms with Crippen LogP contribution in [0.5, 0.6) is 11.5 Å². The molecule has 9 heteroatoms. The van der Waals surface area contributed by atoms with Gasteiger partial charge >= 0.3 is 0 Å². The molecule has 7 nitrogen and oxygen atoms in total. The van der Waals surface area contributed by atoms with Gasteiger partial charge in [0.05, 0.1) is 18.1 Å². The number of ether oxygens (including phenoxy) is 2. The fourth-order valence-electron chi connectivity index (χ4n) is 2.29. The molecule has 0 bridgehead atoms. The highest BCUT2D eigenvalue weighted by atomic mass is 79.9. The summed E-state index contributed by atoms with van der Waals surface area (Å²) >= 11 is 9.58. The van der Waals surface area contributed by atoms with Crippen LogP contribution in [-0.4, -0.2) is 26.5 Å². The van der Waals surface area contributed by atoms with Gasteiger partial charge in [0.15, 0.2) is 17.1 Å². The van der Waals surface area contributed by atoms with E-state index in [0.29, 0.717) is 28.5 Å². The summed E-state index contributed by atoms with van der Waals surface area (Å²) < 4.78 is 13.3. The summed E-state index contributed by atoms with van der Waals surface area (Å²) in [7, 11) is 0. The van der Waals surface area contributed by atoms with Crippen molar-refractivity contribution in [2.45, 2.75) is 6.54 Å². The molecule has 2 aromatic heterocycles. The van der Waals surface area contributed by atoms with Gasteiger partial charge in [-0.3, -0.25) is 0 Å². The minimum Gasteiger partial charge on any atom is -0.454 e. The van der Waals surface area contributed by atoms with Crippen LogP contribution in [0.3, 0.4) is 0 Å². The zero-order chi connectivity index (χ0) is 15.3. The predicted octanol–water partition coefficient (Wildman–Crippen LogP) is 2.60. The van der Waals surface area contributed by atoms with Crippen LogP contribution in [0.25, 0.3) is 11.0 Å². The first-order valence-electron chi connectivity index (χ1n) is 6.34. The van der Waals surface area contributed by atoms with Gasteiger partial charge in [0, 0.05) is 4.47 Å². The fraction of sp³-hybridized carbons (Fsp3) is 0.154. The molecule has 0 unspecified atom stereocenters. The summed E-state index contributed by atoms with van der Waals surface area (Å²) in [5, 5.41) is 5.26. The molecule has 0 saturated carbocycles. The van der Waals surface area contributed by atoms with Crippen molar-refractivity contribution in [2.75, 3.05) is 12.5 Å². The molecule has 22 heavy (non-hydrogen) atoms. The minimum absolute atomic E-state index is 0.115. The number of rotatable bonds is 2. The fourth-order valence-corrected chi connectivity index (χ4v) is 2.96. The van der Waals surface area contributed by atoms with E-state index in [1.807, 2.05) is 12.1 Å². The molecule has 4 rings (SSSR count). The molecule has 3 heterocycles. The zero-order valence-corrected chi connectivity index (χ0v) is 13.4. The number of hydrogen-bond acceptors (Lipinski definition) is 6. The Morgan fingerprint density at radius 2 is 2.05 bits per heavy atom. The van der Waals surface area contributed by atoms with Crippen molar-refractivity contribution < 1.29 is 9.47 Å². The lowest BCUT2D eigenvalue weighted by molar-refractivity contribution is 0.174. The zero-order valence-electron chi connectivity index (χ0n) is 11.1. The number of nitrogen functional groups attached to an aromatic ring is 1. The van der Waals surface area contributed by atoms with Gasteiger partial charge in [0.25, 0.3) is 0 Å². The topological polar surface area (TPSA) is 88.1 Å². The van der Waals surface area contributed by atoms with Crippen molar-refractivity contribution in [3.8, 4) is 11.5 Å². The Kier molecular flexibility index (Phi) is 3.08. The van der Waals surface area contributed by atoms with Crippen LogP contribution in [0.2, 0.25) is 5.15 Å². The van der Waals surface area contributed by atoms with E-state index >= 15 is 0 Å². The second kappa shape index (κ2) is 4.99. The lowest BCUT2D eigenvalue weighted by Gasteiger charge is -2.08. The van der Waals surface area contributed by atoms with Crippen molar-refractivity contribution in [1.29, 1.82) is 0 Å². The summed E-state index contributed by atoms with van der Waals surface area (Å²) in [5.41, 5.74) is 7.22. The number of hydrogen-bond donors (Lipinski definition) is 1. The first-order chi connectivity index (χ1) is 10.6. The standard InChI is InChI=1S/C13H9BrClN5O2/c14-8-2-10-9(21-5-22-10)1-6(8)4-20-12-7(3-17-20)11(15)18-13(16)19-12/h1-3H,4-5H2,(H2,16,18,19).